The van der Waals surface area contributed by atoms with Gasteiger partial charge < -0.3 is 14.6 Å². The van der Waals surface area contributed by atoms with Crippen LogP contribution < -0.4 is 15.6 Å². The summed E-state index contributed by atoms with van der Waals surface area (Å²) in [5.74, 6) is -4.37. The van der Waals surface area contributed by atoms with E-state index >= 15 is 0 Å². The summed E-state index contributed by atoms with van der Waals surface area (Å²) in [5, 5.41) is 15.8. The first kappa shape index (κ1) is 25.2. The molecular weight excluding hydrogens is 484 g/mol. The fraction of sp³-hybridized carbons (Fsp3) is 0.192. The van der Waals surface area contributed by atoms with Gasteiger partial charge in [-0.2, -0.15) is 5.26 Å². The molecule has 37 heavy (non-hydrogen) atoms. The topological polar surface area (TPSA) is 123 Å². The van der Waals surface area contributed by atoms with Crippen LogP contribution >= 0.6 is 0 Å². The number of ether oxygens (including phenoxy) is 1. The number of halogens is 2. The molecule has 2 aromatic carbocycles. The molecule has 2 unspecified atom stereocenters. The lowest BCUT2D eigenvalue weighted by molar-refractivity contribution is 0.101. The Morgan fingerprint density at radius 3 is 2.62 bits per heavy atom. The molecule has 188 valence electrons. The van der Waals surface area contributed by atoms with Crippen LogP contribution in [0.2, 0.25) is 0 Å². The van der Waals surface area contributed by atoms with Crippen LogP contribution in [0.15, 0.2) is 64.2 Å². The average molecular weight is 505 g/mol. The van der Waals surface area contributed by atoms with Crippen LogP contribution in [-0.4, -0.2) is 27.7 Å². The molecule has 2 aromatic heterocycles. The number of rotatable bonds is 7. The van der Waals surface area contributed by atoms with Crippen molar-refractivity contribution in [2.24, 2.45) is 7.05 Å². The largest absolute Gasteiger partial charge is 0.489 e. The maximum atomic E-state index is 14.3. The molecule has 0 fully saturated rings. The van der Waals surface area contributed by atoms with E-state index in [1.165, 1.54) is 37.3 Å². The van der Waals surface area contributed by atoms with Crippen molar-refractivity contribution in [3.05, 3.63) is 105 Å². The number of hydrogen-bond donors (Lipinski definition) is 1. The molecule has 2 heterocycles. The number of nitrogens with zero attached hydrogens (tertiary/aromatic N) is 4. The molecule has 0 aliphatic rings. The van der Waals surface area contributed by atoms with Gasteiger partial charge in [0.05, 0.1) is 24.9 Å². The zero-order chi connectivity index (χ0) is 26.7. The molecule has 0 spiro atoms. The number of anilines is 1. The van der Waals surface area contributed by atoms with Gasteiger partial charge in [-0.25, -0.2) is 13.8 Å². The zero-order valence-electron chi connectivity index (χ0n) is 20.0. The highest BCUT2D eigenvalue weighted by Crippen LogP contribution is 2.39. The van der Waals surface area contributed by atoms with E-state index in [-0.39, 0.29) is 23.0 Å². The molecule has 4 aromatic rings. The van der Waals surface area contributed by atoms with Gasteiger partial charge in [0, 0.05) is 18.9 Å². The van der Waals surface area contributed by atoms with Crippen LogP contribution in [-0.2, 0) is 7.05 Å². The Hall–Kier alpha value is -4.85. The number of nitriles is 1. The molecule has 4 rings (SSSR count). The minimum Gasteiger partial charge on any atom is -0.489 e. The smallest absolute Gasteiger partial charge is 0.296 e. The van der Waals surface area contributed by atoms with Gasteiger partial charge in [0.2, 0.25) is 5.75 Å². The van der Waals surface area contributed by atoms with Gasteiger partial charge >= 0.3 is 0 Å². The summed E-state index contributed by atoms with van der Waals surface area (Å²) < 4.78 is 39.2. The third kappa shape index (κ3) is 4.81. The third-order valence-corrected chi connectivity index (χ3v) is 6.02. The quantitative estimate of drug-likeness (QED) is 0.401. The standard InChI is InChI=1S/C26H21F2N5O4/c1-14(21(15-8-9-19(27)20(28)10-15)18-7-5-4-6-16(18)11-29)24-32-22(23(36-3)26(35)33(24)2)25(34)31-17-12-30-37-13-17/h4-10,12-14,21H,1-3H3,(H,31,34). The molecule has 0 aliphatic carbocycles. The number of carbonyl (C=O) groups excluding carboxylic acids is 1. The SMILES string of the molecule is COc1c(C(=O)Nc2cnoc2)nc(C(C)C(c2ccc(F)c(F)c2)c2ccccc2C#N)n(C)c1=O. The highest BCUT2D eigenvalue weighted by molar-refractivity contribution is 6.04. The van der Waals surface area contributed by atoms with Crippen molar-refractivity contribution in [3.63, 3.8) is 0 Å². The second kappa shape index (κ2) is 10.4. The van der Waals surface area contributed by atoms with Crippen LogP contribution in [0.5, 0.6) is 5.75 Å². The minimum absolute atomic E-state index is 0.156. The summed E-state index contributed by atoms with van der Waals surface area (Å²) in [6, 6.07) is 12.3. The Labute approximate surface area is 209 Å². The maximum absolute atomic E-state index is 14.3. The summed E-state index contributed by atoms with van der Waals surface area (Å²) in [5.41, 5.74) is 0.511. The number of hydrogen-bond acceptors (Lipinski definition) is 7. The van der Waals surface area contributed by atoms with E-state index in [2.05, 4.69) is 21.5 Å². The minimum atomic E-state index is -1.06. The fourth-order valence-corrected chi connectivity index (χ4v) is 4.26. The van der Waals surface area contributed by atoms with Crippen LogP contribution in [0.25, 0.3) is 0 Å². The molecule has 11 heteroatoms. The summed E-state index contributed by atoms with van der Waals surface area (Å²) in [6.07, 6.45) is 2.47. The van der Waals surface area contributed by atoms with E-state index in [0.717, 1.165) is 12.1 Å². The second-order valence-corrected chi connectivity index (χ2v) is 8.22. The molecule has 1 amide bonds. The summed E-state index contributed by atoms with van der Waals surface area (Å²) in [4.78, 5) is 30.7. The molecule has 0 radical (unpaired) electrons. The zero-order valence-corrected chi connectivity index (χ0v) is 20.0. The van der Waals surface area contributed by atoms with Crippen LogP contribution in [0, 0.1) is 23.0 Å². The van der Waals surface area contributed by atoms with E-state index in [9.17, 15) is 23.6 Å². The number of benzene rings is 2. The molecule has 0 saturated carbocycles. The normalized spacial score (nSPS) is 12.4. The van der Waals surface area contributed by atoms with Gasteiger partial charge in [-0.3, -0.25) is 14.2 Å². The van der Waals surface area contributed by atoms with Gasteiger partial charge in [0.15, 0.2) is 17.3 Å². The highest BCUT2D eigenvalue weighted by Gasteiger charge is 2.31. The first-order chi connectivity index (χ1) is 17.8. The average Bonchev–Trinajstić information content (AvgIpc) is 3.41. The monoisotopic (exact) mass is 505 g/mol. The second-order valence-electron chi connectivity index (χ2n) is 8.22. The lowest BCUT2D eigenvalue weighted by Crippen LogP contribution is -2.31. The Kier molecular flexibility index (Phi) is 7.11. The Bertz CT molecular complexity index is 1560. The van der Waals surface area contributed by atoms with Gasteiger partial charge in [0.1, 0.15) is 17.8 Å². The molecule has 0 saturated heterocycles. The Morgan fingerprint density at radius 2 is 1.97 bits per heavy atom. The lowest BCUT2D eigenvalue weighted by Gasteiger charge is -2.27. The van der Waals surface area contributed by atoms with E-state index < -0.39 is 34.9 Å². The lowest BCUT2D eigenvalue weighted by atomic mass is 9.79. The molecule has 0 aliphatic heterocycles. The fourth-order valence-electron chi connectivity index (χ4n) is 4.26. The highest BCUT2D eigenvalue weighted by atomic mass is 19.2. The summed E-state index contributed by atoms with van der Waals surface area (Å²) >= 11 is 0. The summed E-state index contributed by atoms with van der Waals surface area (Å²) in [6.45, 7) is 1.72. The molecular formula is C26H21F2N5O4. The van der Waals surface area contributed by atoms with Gasteiger partial charge in [0.25, 0.3) is 11.5 Å². The van der Waals surface area contributed by atoms with E-state index in [0.29, 0.717) is 16.7 Å². The van der Waals surface area contributed by atoms with Gasteiger partial charge in [-0.05, 0) is 29.3 Å². The number of nitrogens with one attached hydrogen (secondary N) is 1. The van der Waals surface area contributed by atoms with Crippen molar-refractivity contribution in [3.8, 4) is 11.8 Å². The van der Waals surface area contributed by atoms with Gasteiger partial charge in [-0.15, -0.1) is 0 Å². The molecule has 1 N–H and O–H groups in total. The van der Waals surface area contributed by atoms with Crippen molar-refractivity contribution in [1.29, 1.82) is 5.26 Å². The van der Waals surface area contributed by atoms with Gasteiger partial charge in [-0.1, -0.05) is 36.3 Å². The van der Waals surface area contributed by atoms with Crippen molar-refractivity contribution in [2.45, 2.75) is 18.8 Å². The van der Waals surface area contributed by atoms with Crippen molar-refractivity contribution >= 4 is 11.6 Å². The van der Waals surface area contributed by atoms with Crippen molar-refractivity contribution in [2.75, 3.05) is 12.4 Å². The number of carbonyl (C=O) groups is 1. The number of amides is 1. The third-order valence-electron chi connectivity index (χ3n) is 6.02. The van der Waals surface area contributed by atoms with Crippen molar-refractivity contribution < 1.29 is 22.8 Å². The van der Waals surface area contributed by atoms with Crippen LogP contribution in [0.3, 0.4) is 0 Å². The van der Waals surface area contributed by atoms with E-state index in [4.69, 9.17) is 9.26 Å². The number of aromatic nitrogens is 3. The Morgan fingerprint density at radius 1 is 1.22 bits per heavy atom. The first-order valence-electron chi connectivity index (χ1n) is 11.1. The Balaban J connectivity index is 1.91. The van der Waals surface area contributed by atoms with Crippen LogP contribution in [0.1, 0.15) is 51.8 Å². The summed E-state index contributed by atoms with van der Waals surface area (Å²) in [7, 11) is 2.70. The molecule has 2 atom stereocenters. The first-order valence-corrected chi connectivity index (χ1v) is 11.1. The van der Waals surface area contributed by atoms with E-state index in [1.807, 2.05) is 0 Å². The maximum Gasteiger partial charge on any atom is 0.296 e. The predicted octanol–water partition coefficient (Wildman–Crippen LogP) is 4.11. The number of methoxy groups -OCH3 is 1. The van der Waals surface area contributed by atoms with E-state index in [1.54, 1.807) is 31.2 Å². The molecule has 0 bridgehead atoms. The van der Waals surface area contributed by atoms with Crippen LogP contribution in [0.4, 0.5) is 14.5 Å². The van der Waals surface area contributed by atoms with Crippen molar-refractivity contribution in [1.82, 2.24) is 14.7 Å². The predicted molar refractivity (Wildman–Crippen MR) is 128 cm³/mol. The molecule has 9 nitrogen and oxygen atoms in total.